The molecule has 5 heterocycles. The molecule has 0 radical (unpaired) electrons. The number of pyridine rings is 2. The Kier molecular flexibility index (Phi) is 6.55. The fourth-order valence-corrected chi connectivity index (χ4v) is 6.29. The van der Waals surface area contributed by atoms with Gasteiger partial charge in [0.1, 0.15) is 16.9 Å². The summed E-state index contributed by atoms with van der Waals surface area (Å²) < 4.78 is 32.0. The van der Waals surface area contributed by atoms with Crippen LogP contribution in [0.3, 0.4) is 0 Å². The third-order valence-corrected chi connectivity index (χ3v) is 8.04. The number of alkyl carbamates (subject to hydrolysis) is 1. The first-order chi connectivity index (χ1) is 18.7. The van der Waals surface area contributed by atoms with Gasteiger partial charge in [0.2, 0.25) is 5.95 Å². The van der Waals surface area contributed by atoms with E-state index in [2.05, 4.69) is 16.4 Å². The van der Waals surface area contributed by atoms with Crippen LogP contribution in [0.15, 0.2) is 53.8 Å². The van der Waals surface area contributed by atoms with Gasteiger partial charge in [-0.1, -0.05) is 17.8 Å². The highest BCUT2D eigenvalue weighted by Gasteiger charge is 2.47. The maximum atomic E-state index is 14.7. The summed E-state index contributed by atoms with van der Waals surface area (Å²) in [6.45, 7) is 6.84. The van der Waals surface area contributed by atoms with Crippen LogP contribution in [0.25, 0.3) is 11.1 Å². The van der Waals surface area contributed by atoms with E-state index in [4.69, 9.17) is 24.2 Å². The Bertz CT molecular complexity index is 1470. The zero-order chi connectivity index (χ0) is 27.2. The van der Waals surface area contributed by atoms with Crippen molar-refractivity contribution in [2.75, 3.05) is 19.0 Å². The predicted molar refractivity (Wildman–Crippen MR) is 147 cm³/mol. The molecule has 10 heteroatoms. The van der Waals surface area contributed by atoms with Crippen molar-refractivity contribution >= 4 is 23.0 Å². The normalized spacial score (nSPS) is 20.6. The number of hydrogen-bond acceptors (Lipinski definition) is 8. The molecule has 0 unspecified atom stereocenters. The Morgan fingerprint density at radius 2 is 1.92 bits per heavy atom. The number of amides is 1. The van der Waals surface area contributed by atoms with Gasteiger partial charge < -0.3 is 14.2 Å². The molecule has 0 saturated carbocycles. The van der Waals surface area contributed by atoms with Gasteiger partial charge in [-0.2, -0.15) is 4.39 Å². The minimum absolute atomic E-state index is 0.274. The van der Waals surface area contributed by atoms with E-state index >= 15 is 0 Å². The molecule has 1 amide bonds. The topological polar surface area (TPSA) is 94.9 Å². The predicted octanol–water partition coefficient (Wildman–Crippen LogP) is 6.15. The van der Waals surface area contributed by atoms with Crippen LogP contribution in [0.5, 0.6) is 11.5 Å². The molecule has 0 bridgehead atoms. The van der Waals surface area contributed by atoms with Crippen molar-refractivity contribution in [2.45, 2.75) is 50.7 Å². The molecule has 39 heavy (non-hydrogen) atoms. The lowest BCUT2D eigenvalue weighted by molar-refractivity contribution is 0.0564. The molecule has 3 aliphatic heterocycles. The molecule has 1 spiro atoms. The maximum Gasteiger partial charge on any atom is 0.413 e. The minimum Gasteiger partial charge on any atom is -0.455 e. The summed E-state index contributed by atoms with van der Waals surface area (Å²) in [6.07, 6.45) is 4.41. The number of hydrogen-bond donors (Lipinski definition) is 1. The standard InChI is InChI=1S/C29H29FN4O4S/c1-28(2,3)38-27(35)33-26-34-29(16-39-26)20-13-18(19-5-4-10-31-25(19)30)6-7-23(20)37-24-15-32-22(14-21(24)29)17-8-11-36-12-9-17/h4-7,10,13-15,17H,8-9,11-12,16H2,1-3H3,(H,33,34,35)/t29-/m0/s1. The van der Waals surface area contributed by atoms with E-state index < -0.39 is 23.2 Å². The molecule has 1 aromatic carbocycles. The number of nitrogens with zero attached hydrogens (tertiary/aromatic N) is 3. The summed E-state index contributed by atoms with van der Waals surface area (Å²) in [5.74, 6) is 1.46. The first-order valence-electron chi connectivity index (χ1n) is 13.0. The van der Waals surface area contributed by atoms with Crippen LogP contribution in [0.4, 0.5) is 9.18 Å². The average molecular weight is 549 g/mol. The largest absolute Gasteiger partial charge is 0.455 e. The highest BCUT2D eigenvalue weighted by Crippen LogP contribution is 2.54. The van der Waals surface area contributed by atoms with E-state index in [0.29, 0.717) is 46.8 Å². The number of aliphatic imine (C=N–C) groups is 1. The summed E-state index contributed by atoms with van der Waals surface area (Å²) in [5, 5.41) is 3.26. The molecule has 8 nitrogen and oxygen atoms in total. The van der Waals surface area contributed by atoms with Gasteiger partial charge in [-0.3, -0.25) is 10.3 Å². The molecule has 6 rings (SSSR count). The Balaban J connectivity index is 1.47. The van der Waals surface area contributed by atoms with Gasteiger partial charge in [0, 0.05) is 53.5 Å². The second-order valence-electron chi connectivity index (χ2n) is 10.8. The molecular formula is C29H29FN4O4S. The maximum absolute atomic E-state index is 14.7. The number of nitrogens with one attached hydrogen (secondary N) is 1. The number of benzene rings is 1. The smallest absolute Gasteiger partial charge is 0.413 e. The summed E-state index contributed by atoms with van der Waals surface area (Å²) >= 11 is 1.43. The van der Waals surface area contributed by atoms with Gasteiger partial charge in [0.25, 0.3) is 0 Å². The van der Waals surface area contributed by atoms with Crippen LogP contribution in [0.2, 0.25) is 0 Å². The number of thioether (sulfide) groups is 1. The number of carbonyl (C=O) groups is 1. The lowest BCUT2D eigenvalue weighted by atomic mass is 9.80. The van der Waals surface area contributed by atoms with E-state index in [-0.39, 0.29) is 5.92 Å². The summed E-state index contributed by atoms with van der Waals surface area (Å²) in [5.41, 5.74) is 2.15. The fourth-order valence-electron chi connectivity index (χ4n) is 5.20. The molecule has 1 fully saturated rings. The molecule has 3 aliphatic rings. The monoisotopic (exact) mass is 548 g/mol. The van der Waals surface area contributed by atoms with Crippen LogP contribution in [-0.4, -0.2) is 45.8 Å². The van der Waals surface area contributed by atoms with Crippen LogP contribution in [0, 0.1) is 5.95 Å². The van der Waals surface area contributed by atoms with Crippen molar-refractivity contribution in [1.82, 2.24) is 15.3 Å². The molecule has 1 atom stereocenters. The van der Waals surface area contributed by atoms with Crippen LogP contribution < -0.4 is 10.1 Å². The van der Waals surface area contributed by atoms with Crippen molar-refractivity contribution in [2.24, 2.45) is 4.99 Å². The number of halogens is 1. The van der Waals surface area contributed by atoms with Crippen molar-refractivity contribution < 1.29 is 23.4 Å². The van der Waals surface area contributed by atoms with Crippen molar-refractivity contribution in [3.05, 3.63) is 71.6 Å². The second kappa shape index (κ2) is 9.91. The van der Waals surface area contributed by atoms with E-state index in [9.17, 15) is 9.18 Å². The van der Waals surface area contributed by atoms with Gasteiger partial charge >= 0.3 is 6.09 Å². The van der Waals surface area contributed by atoms with Crippen molar-refractivity contribution in [3.8, 4) is 22.6 Å². The number of fused-ring (bicyclic) bond motifs is 4. The Hall–Kier alpha value is -3.50. The number of carbonyl (C=O) groups excluding carboxylic acids is 1. The number of rotatable bonds is 2. The van der Waals surface area contributed by atoms with Gasteiger partial charge in [0.05, 0.1) is 6.20 Å². The number of amidine groups is 1. The summed E-state index contributed by atoms with van der Waals surface area (Å²) in [6, 6.07) is 11.0. The van der Waals surface area contributed by atoms with Gasteiger partial charge in [-0.05, 0) is 69.5 Å². The lowest BCUT2D eigenvalue weighted by Gasteiger charge is -2.35. The third kappa shape index (κ3) is 4.98. The first kappa shape index (κ1) is 25.8. The lowest BCUT2D eigenvalue weighted by Crippen LogP contribution is -2.35. The van der Waals surface area contributed by atoms with Crippen LogP contribution in [0.1, 0.15) is 56.4 Å². The van der Waals surface area contributed by atoms with Gasteiger partial charge in [-0.25, -0.2) is 14.8 Å². The zero-order valence-corrected chi connectivity index (χ0v) is 22.8. The molecule has 202 valence electrons. The van der Waals surface area contributed by atoms with Gasteiger partial charge in [-0.15, -0.1) is 0 Å². The summed E-state index contributed by atoms with van der Waals surface area (Å²) in [7, 11) is 0. The first-order valence-corrected chi connectivity index (χ1v) is 13.9. The number of aromatic nitrogens is 2. The van der Waals surface area contributed by atoms with Crippen LogP contribution >= 0.6 is 11.8 Å². The molecular weight excluding hydrogens is 519 g/mol. The second-order valence-corrected chi connectivity index (χ2v) is 11.8. The Morgan fingerprint density at radius 1 is 1.13 bits per heavy atom. The summed E-state index contributed by atoms with van der Waals surface area (Å²) in [4.78, 5) is 26.3. The molecule has 0 aliphatic carbocycles. The highest BCUT2D eigenvalue weighted by molar-refractivity contribution is 8.14. The molecule has 1 N–H and O–H groups in total. The van der Waals surface area contributed by atoms with E-state index in [1.807, 2.05) is 39.0 Å². The molecule has 1 saturated heterocycles. The van der Waals surface area contributed by atoms with E-state index in [0.717, 1.165) is 29.7 Å². The van der Waals surface area contributed by atoms with Crippen molar-refractivity contribution in [3.63, 3.8) is 0 Å². The van der Waals surface area contributed by atoms with E-state index in [1.165, 1.54) is 18.0 Å². The number of ether oxygens (including phenoxy) is 3. The highest BCUT2D eigenvalue weighted by atomic mass is 32.2. The SMILES string of the molecule is CC(C)(C)OC(=O)NC1=N[C@@]2(CS1)c1cc(-c3cccnc3F)ccc1Oc1cnc(C3CCOCC3)cc12. The Morgan fingerprint density at radius 3 is 2.69 bits per heavy atom. The molecule has 3 aromatic rings. The minimum atomic E-state index is -0.879. The fraction of sp³-hybridized carbons (Fsp3) is 0.379. The van der Waals surface area contributed by atoms with Crippen LogP contribution in [-0.2, 0) is 15.0 Å². The van der Waals surface area contributed by atoms with Gasteiger partial charge in [0.15, 0.2) is 10.9 Å². The van der Waals surface area contributed by atoms with E-state index in [1.54, 1.807) is 18.3 Å². The van der Waals surface area contributed by atoms with Crippen molar-refractivity contribution in [1.29, 1.82) is 0 Å². The third-order valence-electron chi connectivity index (χ3n) is 7.01. The average Bonchev–Trinajstić information content (AvgIpc) is 3.32. The quantitative estimate of drug-likeness (QED) is 0.384. The zero-order valence-electron chi connectivity index (χ0n) is 22.0. The molecule has 2 aromatic heterocycles. The Labute approximate surface area is 230 Å².